The fourth-order valence-corrected chi connectivity index (χ4v) is 3.11. The number of rotatable bonds is 4. The molecule has 7 nitrogen and oxygen atoms in total. The maximum Gasteiger partial charge on any atom is 0.103 e. The molecule has 1 aliphatic rings. The van der Waals surface area contributed by atoms with E-state index in [0.29, 0.717) is 18.7 Å². The number of imidazole rings is 1. The summed E-state index contributed by atoms with van der Waals surface area (Å²) in [5.74, 6) is 0. The Morgan fingerprint density at radius 1 is 1.42 bits per heavy atom. The van der Waals surface area contributed by atoms with Crippen molar-refractivity contribution in [2.24, 2.45) is 7.05 Å². The van der Waals surface area contributed by atoms with Crippen LogP contribution in [0.25, 0.3) is 0 Å². The topological polar surface area (TPSA) is 79.0 Å². The molecule has 1 N–H and O–H groups in total. The monoisotopic (exact) mass is 326 g/mol. The Morgan fingerprint density at radius 2 is 2.25 bits per heavy atom. The number of ether oxygens (including phenoxy) is 1. The van der Waals surface area contributed by atoms with Gasteiger partial charge < -0.3 is 14.6 Å². The number of hydrogen-bond acceptors (Lipinski definition) is 6. The summed E-state index contributed by atoms with van der Waals surface area (Å²) in [6, 6.07) is 4.19. The van der Waals surface area contributed by atoms with E-state index in [1.807, 2.05) is 37.1 Å². The Kier molecular flexibility index (Phi) is 4.79. The molecule has 3 rings (SSSR count). The maximum absolute atomic E-state index is 9.25. The van der Waals surface area contributed by atoms with Gasteiger partial charge in [0.15, 0.2) is 0 Å². The third-order valence-corrected chi connectivity index (χ3v) is 4.41. The molecule has 0 saturated carbocycles. The largest absolute Gasteiger partial charge is 0.381 e. The van der Waals surface area contributed by atoms with E-state index < -0.39 is 0 Å². The molecule has 0 unspecified atom stereocenters. The SMILES string of the molecule is Cc1cc(NC[C@@H]2OCCN(C)[C@H]2c2cncn2C)c(C#N)cn1. The molecular formula is C17H22N6O. The minimum atomic E-state index is -0.0286. The molecular weight excluding hydrogens is 304 g/mol. The first kappa shape index (κ1) is 16.4. The maximum atomic E-state index is 9.25. The van der Waals surface area contributed by atoms with Gasteiger partial charge in [-0.25, -0.2) is 4.98 Å². The molecule has 1 aliphatic heterocycles. The Hall–Kier alpha value is -2.43. The Labute approximate surface area is 141 Å². The van der Waals surface area contributed by atoms with Crippen LogP contribution in [-0.4, -0.2) is 52.3 Å². The summed E-state index contributed by atoms with van der Waals surface area (Å²) in [5.41, 5.74) is 3.34. The smallest absolute Gasteiger partial charge is 0.103 e. The number of nitriles is 1. The highest BCUT2D eigenvalue weighted by molar-refractivity contribution is 5.57. The number of nitrogens with zero attached hydrogens (tertiary/aromatic N) is 5. The molecule has 1 saturated heterocycles. The fraction of sp³-hybridized carbons (Fsp3) is 0.471. The van der Waals surface area contributed by atoms with Crippen LogP contribution in [0.4, 0.5) is 5.69 Å². The molecule has 1 fully saturated rings. The van der Waals surface area contributed by atoms with Crippen molar-refractivity contribution >= 4 is 5.69 Å². The predicted molar refractivity (Wildman–Crippen MR) is 90.5 cm³/mol. The third kappa shape index (κ3) is 3.25. The van der Waals surface area contributed by atoms with Gasteiger partial charge in [-0.2, -0.15) is 5.26 Å². The second-order valence-corrected chi connectivity index (χ2v) is 6.13. The van der Waals surface area contributed by atoms with E-state index in [1.54, 1.807) is 6.20 Å². The zero-order valence-corrected chi connectivity index (χ0v) is 14.2. The Balaban J connectivity index is 1.79. The van der Waals surface area contributed by atoms with Crippen molar-refractivity contribution in [3.8, 4) is 6.07 Å². The van der Waals surface area contributed by atoms with Gasteiger partial charge >= 0.3 is 0 Å². The van der Waals surface area contributed by atoms with Crippen molar-refractivity contribution in [2.45, 2.75) is 19.1 Å². The molecule has 0 aromatic carbocycles. The van der Waals surface area contributed by atoms with Crippen LogP contribution in [0.15, 0.2) is 24.8 Å². The summed E-state index contributed by atoms with van der Waals surface area (Å²) in [7, 11) is 4.10. The molecule has 2 aromatic heterocycles. The lowest BCUT2D eigenvalue weighted by Crippen LogP contribution is -2.46. The quantitative estimate of drug-likeness (QED) is 0.917. The number of morpholine rings is 1. The lowest BCUT2D eigenvalue weighted by Gasteiger charge is -2.39. The second-order valence-electron chi connectivity index (χ2n) is 6.13. The van der Waals surface area contributed by atoms with Crippen LogP contribution in [0, 0.1) is 18.3 Å². The van der Waals surface area contributed by atoms with E-state index >= 15 is 0 Å². The molecule has 3 heterocycles. The highest BCUT2D eigenvalue weighted by atomic mass is 16.5. The molecule has 0 bridgehead atoms. The van der Waals surface area contributed by atoms with E-state index in [0.717, 1.165) is 23.6 Å². The summed E-state index contributed by atoms with van der Waals surface area (Å²) in [4.78, 5) is 10.7. The Morgan fingerprint density at radius 3 is 2.96 bits per heavy atom. The number of nitrogens with one attached hydrogen (secondary N) is 1. The summed E-state index contributed by atoms with van der Waals surface area (Å²) >= 11 is 0. The minimum absolute atomic E-state index is 0.0286. The van der Waals surface area contributed by atoms with Crippen LogP contribution in [0.5, 0.6) is 0 Å². The number of aryl methyl sites for hydroxylation is 2. The number of hydrogen-bond donors (Lipinski definition) is 1. The number of aromatic nitrogens is 3. The van der Waals surface area contributed by atoms with E-state index in [1.165, 1.54) is 0 Å². The lowest BCUT2D eigenvalue weighted by molar-refractivity contribution is -0.0578. The normalized spacial score (nSPS) is 21.4. The highest BCUT2D eigenvalue weighted by Crippen LogP contribution is 2.28. The molecule has 0 radical (unpaired) electrons. The first-order valence-electron chi connectivity index (χ1n) is 7.99. The van der Waals surface area contributed by atoms with Gasteiger partial charge in [-0.15, -0.1) is 0 Å². The van der Waals surface area contributed by atoms with E-state index in [2.05, 4.69) is 33.3 Å². The molecule has 24 heavy (non-hydrogen) atoms. The molecule has 0 amide bonds. The van der Waals surface area contributed by atoms with Gasteiger partial charge in [0.25, 0.3) is 0 Å². The van der Waals surface area contributed by atoms with Crippen LogP contribution < -0.4 is 5.32 Å². The van der Waals surface area contributed by atoms with Gasteiger partial charge in [-0.3, -0.25) is 9.88 Å². The molecule has 2 atom stereocenters. The minimum Gasteiger partial charge on any atom is -0.381 e. The van der Waals surface area contributed by atoms with Crippen molar-refractivity contribution in [3.05, 3.63) is 41.7 Å². The summed E-state index contributed by atoms with van der Waals surface area (Å²) in [5, 5.41) is 12.6. The van der Waals surface area contributed by atoms with E-state index in [9.17, 15) is 5.26 Å². The zero-order valence-electron chi connectivity index (χ0n) is 14.2. The van der Waals surface area contributed by atoms with Crippen LogP contribution in [-0.2, 0) is 11.8 Å². The Bertz CT molecular complexity index is 750. The summed E-state index contributed by atoms with van der Waals surface area (Å²) < 4.78 is 8.05. The van der Waals surface area contributed by atoms with Gasteiger partial charge in [0.2, 0.25) is 0 Å². The summed E-state index contributed by atoms with van der Waals surface area (Å²) in [6.07, 6.45) is 5.27. The molecule has 0 aliphatic carbocycles. The van der Waals surface area contributed by atoms with Crippen LogP contribution in [0.3, 0.4) is 0 Å². The summed E-state index contributed by atoms with van der Waals surface area (Å²) in [6.45, 7) is 4.09. The van der Waals surface area contributed by atoms with Gasteiger partial charge in [0.05, 0.1) is 42.0 Å². The third-order valence-electron chi connectivity index (χ3n) is 4.41. The van der Waals surface area contributed by atoms with E-state index in [-0.39, 0.29) is 12.1 Å². The first-order valence-corrected chi connectivity index (χ1v) is 7.99. The fourth-order valence-electron chi connectivity index (χ4n) is 3.11. The zero-order chi connectivity index (χ0) is 17.1. The number of pyridine rings is 1. The second kappa shape index (κ2) is 6.99. The lowest BCUT2D eigenvalue weighted by atomic mass is 10.0. The number of anilines is 1. The van der Waals surface area contributed by atoms with Crippen molar-refractivity contribution in [2.75, 3.05) is 32.1 Å². The predicted octanol–water partition coefficient (Wildman–Crippen LogP) is 1.48. The van der Waals surface area contributed by atoms with Crippen molar-refractivity contribution in [1.29, 1.82) is 5.26 Å². The van der Waals surface area contributed by atoms with Gasteiger partial charge in [0, 0.05) is 38.2 Å². The molecule has 7 heteroatoms. The van der Waals surface area contributed by atoms with Crippen molar-refractivity contribution in [3.63, 3.8) is 0 Å². The van der Waals surface area contributed by atoms with Crippen molar-refractivity contribution in [1.82, 2.24) is 19.4 Å². The van der Waals surface area contributed by atoms with Crippen molar-refractivity contribution < 1.29 is 4.74 Å². The highest BCUT2D eigenvalue weighted by Gasteiger charge is 2.33. The average Bonchev–Trinajstić information content (AvgIpc) is 2.99. The van der Waals surface area contributed by atoms with Gasteiger partial charge in [-0.05, 0) is 20.0 Å². The molecule has 126 valence electrons. The van der Waals surface area contributed by atoms with Crippen LogP contribution >= 0.6 is 0 Å². The van der Waals surface area contributed by atoms with Gasteiger partial charge in [-0.1, -0.05) is 0 Å². The molecule has 2 aromatic rings. The molecule has 0 spiro atoms. The first-order chi connectivity index (χ1) is 11.6. The van der Waals surface area contributed by atoms with Crippen LogP contribution in [0.1, 0.15) is 23.0 Å². The van der Waals surface area contributed by atoms with Crippen LogP contribution in [0.2, 0.25) is 0 Å². The number of likely N-dealkylation sites (N-methyl/N-ethyl adjacent to an activating group) is 1. The van der Waals surface area contributed by atoms with E-state index in [4.69, 9.17) is 4.74 Å². The van der Waals surface area contributed by atoms with Gasteiger partial charge in [0.1, 0.15) is 6.07 Å². The average molecular weight is 326 g/mol. The standard InChI is InChI=1S/C17H22N6O/c1-12-6-14(13(7-18)8-20-12)21-10-16-17(22(2)4-5-24-16)15-9-19-11-23(15)3/h6,8-9,11,16-17H,4-5,10H2,1-3H3,(H,20,21)/t16-,17-/m0/s1.